The largest absolute Gasteiger partial charge is 0.399 e. The van der Waals surface area contributed by atoms with Crippen molar-refractivity contribution in [3.05, 3.63) is 107 Å². The highest BCUT2D eigenvalue weighted by Gasteiger charge is 2.21. The van der Waals surface area contributed by atoms with E-state index in [1.165, 1.54) is 0 Å². The predicted molar refractivity (Wildman–Crippen MR) is 107 cm³/mol. The summed E-state index contributed by atoms with van der Waals surface area (Å²) in [7, 11) is 0. The van der Waals surface area contributed by atoms with E-state index in [0.29, 0.717) is 24.9 Å². The summed E-state index contributed by atoms with van der Waals surface area (Å²) in [5, 5.41) is 0. The molecule has 0 aromatic heterocycles. The fourth-order valence-electron chi connectivity index (χ4n) is 2.69. The normalized spacial score (nSPS) is 11.1. The second-order valence-corrected chi connectivity index (χ2v) is 7.53. The summed E-state index contributed by atoms with van der Waals surface area (Å²) in [6.45, 7) is 4.40. The van der Waals surface area contributed by atoms with Gasteiger partial charge in [0, 0.05) is 18.8 Å². The standard InChI is InChI=1S/C22H18F4N2S/c1-14(27)17-9-7-16(8-10-17)13-28(12-15-5-3-2-4-6-15)29-19-11-18(23)20(24)22(26)21(19)25/h2-11H,1,12-13,27H2. The van der Waals surface area contributed by atoms with Crippen molar-refractivity contribution in [3.63, 3.8) is 0 Å². The number of benzene rings is 3. The van der Waals surface area contributed by atoms with Crippen LogP contribution in [-0.2, 0) is 13.1 Å². The van der Waals surface area contributed by atoms with Gasteiger partial charge in [0.15, 0.2) is 23.3 Å². The van der Waals surface area contributed by atoms with Crippen LogP contribution in [0.25, 0.3) is 5.70 Å². The minimum absolute atomic E-state index is 0.329. The number of halogens is 4. The maximum absolute atomic E-state index is 14.2. The Labute approximate surface area is 170 Å². The first kappa shape index (κ1) is 21.0. The van der Waals surface area contributed by atoms with Gasteiger partial charge in [-0.3, -0.25) is 0 Å². The fraction of sp³-hybridized carbons (Fsp3) is 0.0909. The molecule has 0 atom stereocenters. The van der Waals surface area contributed by atoms with Crippen molar-refractivity contribution < 1.29 is 17.6 Å². The number of nitrogens with two attached hydrogens (primary N) is 1. The van der Waals surface area contributed by atoms with E-state index < -0.39 is 23.3 Å². The van der Waals surface area contributed by atoms with Crippen LogP contribution in [0.4, 0.5) is 17.6 Å². The molecule has 29 heavy (non-hydrogen) atoms. The molecule has 2 N–H and O–H groups in total. The number of rotatable bonds is 7. The second-order valence-electron chi connectivity index (χ2n) is 6.40. The van der Waals surface area contributed by atoms with Gasteiger partial charge in [0.05, 0.1) is 4.90 Å². The Morgan fingerprint density at radius 3 is 2.00 bits per heavy atom. The van der Waals surface area contributed by atoms with Crippen LogP contribution < -0.4 is 5.73 Å². The van der Waals surface area contributed by atoms with Crippen LogP contribution in [0, 0.1) is 23.3 Å². The van der Waals surface area contributed by atoms with Crippen molar-refractivity contribution in [2.45, 2.75) is 18.0 Å². The van der Waals surface area contributed by atoms with Crippen LogP contribution in [0.1, 0.15) is 16.7 Å². The topological polar surface area (TPSA) is 29.3 Å². The predicted octanol–water partition coefficient (Wildman–Crippen LogP) is 5.88. The third-order valence-corrected chi connectivity index (χ3v) is 5.19. The van der Waals surface area contributed by atoms with E-state index in [-0.39, 0.29) is 4.90 Å². The molecular formula is C22H18F4N2S. The van der Waals surface area contributed by atoms with Crippen LogP contribution >= 0.6 is 11.9 Å². The van der Waals surface area contributed by atoms with E-state index in [9.17, 15) is 17.6 Å². The lowest BCUT2D eigenvalue weighted by molar-refractivity contribution is 0.396. The van der Waals surface area contributed by atoms with Crippen molar-refractivity contribution >= 4 is 17.6 Å². The first-order valence-corrected chi connectivity index (χ1v) is 9.46. The van der Waals surface area contributed by atoms with Gasteiger partial charge in [0.1, 0.15) is 0 Å². The molecule has 0 bridgehead atoms. The van der Waals surface area contributed by atoms with Gasteiger partial charge in [-0.15, -0.1) is 0 Å². The average Bonchev–Trinajstić information content (AvgIpc) is 2.71. The van der Waals surface area contributed by atoms with Crippen molar-refractivity contribution in [2.75, 3.05) is 0 Å². The molecule has 3 aromatic carbocycles. The van der Waals surface area contributed by atoms with Gasteiger partial charge in [-0.25, -0.2) is 21.9 Å². The zero-order valence-electron chi connectivity index (χ0n) is 15.3. The fourth-order valence-corrected chi connectivity index (χ4v) is 3.72. The number of nitrogens with zero attached hydrogens (tertiary/aromatic N) is 1. The SMILES string of the molecule is C=C(N)c1ccc(CN(Cc2ccccc2)Sc2cc(F)c(F)c(F)c2F)cc1. The van der Waals surface area contributed by atoms with Gasteiger partial charge in [0.25, 0.3) is 0 Å². The molecule has 7 heteroatoms. The van der Waals surface area contributed by atoms with Crippen molar-refractivity contribution in [2.24, 2.45) is 5.73 Å². The van der Waals surface area contributed by atoms with E-state index in [1.54, 1.807) is 16.4 Å². The Balaban J connectivity index is 1.88. The zero-order valence-corrected chi connectivity index (χ0v) is 16.2. The van der Waals surface area contributed by atoms with Crippen molar-refractivity contribution in [3.8, 4) is 0 Å². The first-order chi connectivity index (χ1) is 13.8. The maximum atomic E-state index is 14.2. The molecular weight excluding hydrogens is 400 g/mol. The Morgan fingerprint density at radius 2 is 1.41 bits per heavy atom. The molecule has 0 heterocycles. The number of hydrogen-bond acceptors (Lipinski definition) is 3. The highest BCUT2D eigenvalue weighted by molar-refractivity contribution is 7.97. The molecule has 2 nitrogen and oxygen atoms in total. The van der Waals surface area contributed by atoms with E-state index >= 15 is 0 Å². The molecule has 0 aliphatic heterocycles. The molecule has 0 spiro atoms. The molecule has 3 rings (SSSR count). The minimum atomic E-state index is -1.82. The summed E-state index contributed by atoms with van der Waals surface area (Å²) in [5.41, 5.74) is 8.70. The van der Waals surface area contributed by atoms with Crippen LogP contribution in [0.5, 0.6) is 0 Å². The van der Waals surface area contributed by atoms with Crippen molar-refractivity contribution in [1.29, 1.82) is 0 Å². The van der Waals surface area contributed by atoms with E-state index in [0.717, 1.165) is 28.6 Å². The molecule has 0 saturated heterocycles. The molecule has 0 unspecified atom stereocenters. The van der Waals surface area contributed by atoms with Gasteiger partial charge in [-0.1, -0.05) is 61.2 Å². The molecule has 0 aliphatic rings. The molecule has 150 valence electrons. The van der Waals surface area contributed by atoms with Crippen molar-refractivity contribution in [1.82, 2.24) is 4.31 Å². The van der Waals surface area contributed by atoms with Gasteiger partial charge in [-0.05, 0) is 34.7 Å². The minimum Gasteiger partial charge on any atom is -0.399 e. The Bertz CT molecular complexity index is 1010. The lowest BCUT2D eigenvalue weighted by atomic mass is 10.1. The third kappa shape index (κ3) is 5.19. The Morgan fingerprint density at radius 1 is 0.828 bits per heavy atom. The highest BCUT2D eigenvalue weighted by Crippen LogP contribution is 2.32. The Kier molecular flexibility index (Phi) is 6.61. The molecule has 0 amide bonds. The zero-order chi connectivity index (χ0) is 21.0. The Hall–Kier alpha value is -2.77. The highest BCUT2D eigenvalue weighted by atomic mass is 32.2. The summed E-state index contributed by atoms with van der Waals surface area (Å²) in [5.74, 6) is -6.49. The van der Waals surface area contributed by atoms with E-state index in [1.807, 2.05) is 42.5 Å². The van der Waals surface area contributed by atoms with Gasteiger partial charge < -0.3 is 5.73 Å². The van der Waals surface area contributed by atoms with Crippen LogP contribution in [0.15, 0.2) is 72.1 Å². The van der Waals surface area contributed by atoms with Gasteiger partial charge in [-0.2, -0.15) is 0 Å². The third-order valence-electron chi connectivity index (χ3n) is 4.18. The molecule has 0 aliphatic carbocycles. The molecule has 3 aromatic rings. The van der Waals surface area contributed by atoms with E-state index in [4.69, 9.17) is 5.73 Å². The van der Waals surface area contributed by atoms with E-state index in [2.05, 4.69) is 6.58 Å². The lowest BCUT2D eigenvalue weighted by Crippen LogP contribution is -2.16. The van der Waals surface area contributed by atoms with Crippen LogP contribution in [0.3, 0.4) is 0 Å². The van der Waals surface area contributed by atoms with Gasteiger partial charge >= 0.3 is 0 Å². The molecule has 0 saturated carbocycles. The lowest BCUT2D eigenvalue weighted by Gasteiger charge is -2.22. The first-order valence-electron chi connectivity index (χ1n) is 8.68. The summed E-state index contributed by atoms with van der Waals surface area (Å²) in [4.78, 5) is -0.329. The maximum Gasteiger partial charge on any atom is 0.198 e. The summed E-state index contributed by atoms with van der Waals surface area (Å²) < 4.78 is 56.4. The molecule has 0 radical (unpaired) electrons. The van der Waals surface area contributed by atoms with Gasteiger partial charge in [0.2, 0.25) is 0 Å². The second kappa shape index (κ2) is 9.15. The summed E-state index contributed by atoms with van der Waals surface area (Å²) in [6.07, 6.45) is 0. The van der Waals surface area contributed by atoms with Crippen LogP contribution in [-0.4, -0.2) is 4.31 Å². The summed E-state index contributed by atoms with van der Waals surface area (Å²) >= 11 is 0.822. The quantitative estimate of drug-likeness (QED) is 0.225. The summed E-state index contributed by atoms with van der Waals surface area (Å²) in [6, 6.07) is 17.3. The average molecular weight is 418 g/mol. The monoisotopic (exact) mass is 418 g/mol. The molecule has 0 fully saturated rings. The van der Waals surface area contributed by atoms with Crippen LogP contribution in [0.2, 0.25) is 0 Å². The smallest absolute Gasteiger partial charge is 0.198 e. The number of hydrogen-bond donors (Lipinski definition) is 1.